The number of rotatable bonds is 3. The van der Waals surface area contributed by atoms with E-state index in [1.54, 1.807) is 18.2 Å². The average Bonchev–Trinajstić information content (AvgIpc) is 2.90. The summed E-state index contributed by atoms with van der Waals surface area (Å²) in [6, 6.07) is 16.6. The number of Topliss-reactive ketones (excluding diaryl/α,β-unsaturated/α-hetero) is 1. The molecule has 19 heavy (non-hydrogen) atoms. The van der Waals surface area contributed by atoms with Crippen LogP contribution in [0, 0.1) is 0 Å². The third kappa shape index (κ3) is 2.06. The van der Waals surface area contributed by atoms with Gasteiger partial charge in [0.05, 0.1) is 0 Å². The van der Waals surface area contributed by atoms with Crippen molar-refractivity contribution in [3.05, 3.63) is 60.2 Å². The standard InChI is InChI=1S/C16H10O3/c17-10-14(18)12-6-7-15-13(8-12)9-16(19-15)11-4-2-1-3-5-11/h1-10H. The first-order chi connectivity index (χ1) is 9.28. The van der Waals surface area contributed by atoms with E-state index >= 15 is 0 Å². The summed E-state index contributed by atoms with van der Waals surface area (Å²) in [5.41, 5.74) is 2.05. The van der Waals surface area contributed by atoms with Crippen molar-refractivity contribution in [1.82, 2.24) is 0 Å². The molecule has 0 atom stereocenters. The van der Waals surface area contributed by atoms with Crippen LogP contribution in [0.25, 0.3) is 22.3 Å². The van der Waals surface area contributed by atoms with Crippen molar-refractivity contribution in [3.63, 3.8) is 0 Å². The molecule has 3 heteroatoms. The van der Waals surface area contributed by atoms with Crippen LogP contribution in [0.4, 0.5) is 0 Å². The number of ketones is 1. The van der Waals surface area contributed by atoms with Crippen LogP contribution < -0.4 is 0 Å². The molecule has 0 bridgehead atoms. The van der Waals surface area contributed by atoms with Gasteiger partial charge in [-0.2, -0.15) is 0 Å². The molecule has 1 aromatic heterocycles. The summed E-state index contributed by atoms with van der Waals surface area (Å²) in [6.07, 6.45) is 0.319. The molecule has 2 aromatic carbocycles. The molecule has 1 heterocycles. The molecular formula is C16H10O3. The van der Waals surface area contributed by atoms with Crippen molar-refractivity contribution in [3.8, 4) is 11.3 Å². The second-order valence-electron chi connectivity index (χ2n) is 4.21. The molecule has 0 aliphatic heterocycles. The fourth-order valence-electron chi connectivity index (χ4n) is 2.01. The maximum Gasteiger partial charge on any atom is 0.225 e. The molecule has 0 amide bonds. The SMILES string of the molecule is O=CC(=O)c1ccc2oc(-c3ccccc3)cc2c1. The Bertz CT molecular complexity index is 754. The summed E-state index contributed by atoms with van der Waals surface area (Å²) < 4.78 is 5.72. The highest BCUT2D eigenvalue weighted by Gasteiger charge is 2.09. The molecule has 0 aliphatic carbocycles. The highest BCUT2D eigenvalue weighted by Crippen LogP contribution is 2.28. The predicted molar refractivity (Wildman–Crippen MR) is 72.0 cm³/mol. The maximum atomic E-state index is 11.3. The molecule has 0 aliphatic rings. The summed E-state index contributed by atoms with van der Waals surface area (Å²) >= 11 is 0. The first kappa shape index (κ1) is 11.4. The van der Waals surface area contributed by atoms with E-state index in [0.717, 1.165) is 16.7 Å². The fourth-order valence-corrected chi connectivity index (χ4v) is 2.01. The third-order valence-corrected chi connectivity index (χ3v) is 2.97. The van der Waals surface area contributed by atoms with Crippen LogP contribution >= 0.6 is 0 Å². The van der Waals surface area contributed by atoms with Crippen LogP contribution in [0.15, 0.2) is 59.0 Å². The number of benzene rings is 2. The summed E-state index contributed by atoms with van der Waals surface area (Å²) in [6.45, 7) is 0. The van der Waals surface area contributed by atoms with E-state index in [1.165, 1.54) is 0 Å². The van der Waals surface area contributed by atoms with Gasteiger partial charge < -0.3 is 4.42 Å². The van der Waals surface area contributed by atoms with E-state index in [4.69, 9.17) is 4.42 Å². The smallest absolute Gasteiger partial charge is 0.225 e. The molecule has 0 N–H and O–H groups in total. The quantitative estimate of drug-likeness (QED) is 0.406. The predicted octanol–water partition coefficient (Wildman–Crippen LogP) is 3.48. The summed E-state index contributed by atoms with van der Waals surface area (Å²) in [5, 5.41) is 0.812. The Kier molecular flexibility index (Phi) is 2.72. The zero-order chi connectivity index (χ0) is 13.2. The highest BCUT2D eigenvalue weighted by molar-refractivity contribution is 6.33. The second-order valence-corrected chi connectivity index (χ2v) is 4.21. The van der Waals surface area contributed by atoms with Crippen LogP contribution in [-0.4, -0.2) is 12.1 Å². The highest BCUT2D eigenvalue weighted by atomic mass is 16.3. The third-order valence-electron chi connectivity index (χ3n) is 2.97. The van der Waals surface area contributed by atoms with Crippen molar-refractivity contribution in [2.75, 3.05) is 0 Å². The zero-order valence-corrected chi connectivity index (χ0v) is 10.00. The lowest BCUT2D eigenvalue weighted by molar-refractivity contribution is -0.104. The van der Waals surface area contributed by atoms with Gasteiger partial charge in [0.1, 0.15) is 11.3 Å². The van der Waals surface area contributed by atoms with Crippen molar-refractivity contribution in [2.24, 2.45) is 0 Å². The second kappa shape index (κ2) is 4.53. The Morgan fingerprint density at radius 1 is 1.00 bits per heavy atom. The topological polar surface area (TPSA) is 47.3 Å². The van der Waals surface area contributed by atoms with Crippen molar-refractivity contribution in [1.29, 1.82) is 0 Å². The maximum absolute atomic E-state index is 11.3. The normalized spacial score (nSPS) is 10.5. The molecule has 3 aromatic rings. The largest absolute Gasteiger partial charge is 0.456 e. The molecule has 3 rings (SSSR count). The number of fused-ring (bicyclic) bond motifs is 1. The van der Waals surface area contributed by atoms with E-state index in [1.807, 2.05) is 36.4 Å². The van der Waals surface area contributed by atoms with Gasteiger partial charge in [0.15, 0.2) is 6.29 Å². The summed E-state index contributed by atoms with van der Waals surface area (Å²) in [5.74, 6) is 0.218. The van der Waals surface area contributed by atoms with Gasteiger partial charge in [-0.3, -0.25) is 9.59 Å². The van der Waals surface area contributed by atoms with Gasteiger partial charge in [0, 0.05) is 16.5 Å². The number of furan rings is 1. The lowest BCUT2D eigenvalue weighted by atomic mass is 10.1. The molecule has 0 unspecified atom stereocenters. The van der Waals surface area contributed by atoms with Crippen LogP contribution in [0.5, 0.6) is 0 Å². The molecular weight excluding hydrogens is 240 g/mol. The van der Waals surface area contributed by atoms with Gasteiger partial charge in [-0.15, -0.1) is 0 Å². The minimum absolute atomic E-state index is 0.319. The van der Waals surface area contributed by atoms with E-state index in [-0.39, 0.29) is 0 Å². The molecule has 3 nitrogen and oxygen atoms in total. The van der Waals surface area contributed by atoms with Gasteiger partial charge in [-0.1, -0.05) is 30.3 Å². The monoisotopic (exact) mass is 250 g/mol. The van der Waals surface area contributed by atoms with Crippen LogP contribution in [0.1, 0.15) is 10.4 Å². The number of hydrogen-bond donors (Lipinski definition) is 0. The molecule has 0 spiro atoms. The van der Waals surface area contributed by atoms with Crippen LogP contribution in [0.2, 0.25) is 0 Å². The lowest BCUT2D eigenvalue weighted by Crippen LogP contribution is -1.98. The molecule has 0 saturated carbocycles. The fraction of sp³-hybridized carbons (Fsp3) is 0. The molecule has 0 radical (unpaired) electrons. The Morgan fingerprint density at radius 3 is 2.53 bits per heavy atom. The van der Waals surface area contributed by atoms with E-state index in [9.17, 15) is 9.59 Å². The number of carbonyl (C=O) groups excluding carboxylic acids is 2. The van der Waals surface area contributed by atoms with E-state index in [0.29, 0.717) is 17.4 Å². The van der Waals surface area contributed by atoms with E-state index < -0.39 is 5.78 Å². The summed E-state index contributed by atoms with van der Waals surface area (Å²) in [7, 11) is 0. The first-order valence-corrected chi connectivity index (χ1v) is 5.86. The van der Waals surface area contributed by atoms with Crippen LogP contribution in [0.3, 0.4) is 0 Å². The number of carbonyl (C=O) groups is 2. The van der Waals surface area contributed by atoms with Gasteiger partial charge in [-0.25, -0.2) is 0 Å². The van der Waals surface area contributed by atoms with Gasteiger partial charge >= 0.3 is 0 Å². The number of hydrogen-bond acceptors (Lipinski definition) is 3. The van der Waals surface area contributed by atoms with Crippen molar-refractivity contribution >= 4 is 23.0 Å². The zero-order valence-electron chi connectivity index (χ0n) is 10.00. The van der Waals surface area contributed by atoms with E-state index in [2.05, 4.69) is 0 Å². The molecule has 92 valence electrons. The Hall–Kier alpha value is -2.68. The molecule has 0 fully saturated rings. The van der Waals surface area contributed by atoms with Gasteiger partial charge in [-0.05, 0) is 24.3 Å². The van der Waals surface area contributed by atoms with Gasteiger partial charge in [0.2, 0.25) is 5.78 Å². The Labute approximate surface area is 109 Å². The average molecular weight is 250 g/mol. The summed E-state index contributed by atoms with van der Waals surface area (Å²) in [4.78, 5) is 21.8. The Morgan fingerprint density at radius 2 is 1.79 bits per heavy atom. The van der Waals surface area contributed by atoms with Crippen molar-refractivity contribution in [2.45, 2.75) is 0 Å². The first-order valence-electron chi connectivity index (χ1n) is 5.86. The minimum atomic E-state index is -0.524. The Balaban J connectivity index is 2.11. The van der Waals surface area contributed by atoms with Crippen molar-refractivity contribution < 1.29 is 14.0 Å². The minimum Gasteiger partial charge on any atom is -0.456 e. The molecule has 0 saturated heterocycles. The van der Waals surface area contributed by atoms with Gasteiger partial charge in [0.25, 0.3) is 0 Å². The number of aldehydes is 1. The van der Waals surface area contributed by atoms with Crippen LogP contribution in [-0.2, 0) is 4.79 Å². The lowest BCUT2D eigenvalue weighted by Gasteiger charge is -1.93.